The van der Waals surface area contributed by atoms with Gasteiger partial charge in [-0.25, -0.2) is 0 Å². The maximum Gasteiger partial charge on any atom is 0.248 e. The minimum absolute atomic E-state index is 0. The van der Waals surface area contributed by atoms with Crippen molar-refractivity contribution in [3.05, 3.63) is 35.4 Å². The first kappa shape index (κ1) is 16.4. The van der Waals surface area contributed by atoms with E-state index in [2.05, 4.69) is 5.32 Å². The van der Waals surface area contributed by atoms with Crippen molar-refractivity contribution in [2.45, 2.75) is 25.9 Å². The smallest absolute Gasteiger partial charge is 0.248 e. The molecule has 0 bridgehead atoms. The van der Waals surface area contributed by atoms with Gasteiger partial charge in [0.25, 0.3) is 0 Å². The van der Waals surface area contributed by atoms with Crippen LogP contribution in [0.3, 0.4) is 0 Å². The zero-order chi connectivity index (χ0) is 12.8. The van der Waals surface area contributed by atoms with E-state index in [0.29, 0.717) is 18.5 Å². The number of hydrogen-bond donors (Lipinski definition) is 3. The molecule has 0 aliphatic rings. The van der Waals surface area contributed by atoms with E-state index in [4.69, 9.17) is 11.5 Å². The minimum Gasteiger partial charge on any atom is -0.366 e. The quantitative estimate of drug-likeness (QED) is 0.730. The molecular weight excluding hydrogens is 254 g/mol. The highest BCUT2D eigenvalue weighted by molar-refractivity contribution is 5.92. The van der Waals surface area contributed by atoms with E-state index in [-0.39, 0.29) is 18.3 Å². The van der Waals surface area contributed by atoms with E-state index in [1.54, 1.807) is 18.2 Å². The third-order valence-corrected chi connectivity index (χ3v) is 2.45. The van der Waals surface area contributed by atoms with E-state index in [0.717, 1.165) is 5.56 Å². The van der Waals surface area contributed by atoms with Crippen LogP contribution in [0.15, 0.2) is 24.3 Å². The van der Waals surface area contributed by atoms with Crippen LogP contribution in [0, 0.1) is 0 Å². The molecule has 0 unspecified atom stereocenters. The van der Waals surface area contributed by atoms with Gasteiger partial charge in [0.2, 0.25) is 11.8 Å². The number of halogens is 1. The van der Waals surface area contributed by atoms with Gasteiger partial charge in [0, 0.05) is 12.1 Å². The number of primary amides is 1. The Kier molecular flexibility index (Phi) is 7.00. The van der Waals surface area contributed by atoms with Crippen molar-refractivity contribution in [3.8, 4) is 0 Å². The molecule has 0 fully saturated rings. The number of rotatable bonds is 5. The van der Waals surface area contributed by atoms with E-state index >= 15 is 0 Å². The van der Waals surface area contributed by atoms with Crippen LogP contribution in [0.4, 0.5) is 0 Å². The molecule has 18 heavy (non-hydrogen) atoms. The predicted octanol–water partition coefficient (Wildman–Crippen LogP) is 0.561. The fourth-order valence-corrected chi connectivity index (χ4v) is 1.34. The van der Waals surface area contributed by atoms with Crippen LogP contribution in [-0.4, -0.2) is 17.9 Å². The van der Waals surface area contributed by atoms with Gasteiger partial charge in [-0.05, 0) is 24.1 Å². The molecule has 100 valence electrons. The van der Waals surface area contributed by atoms with Crippen LogP contribution in [0.25, 0.3) is 0 Å². The van der Waals surface area contributed by atoms with Crippen molar-refractivity contribution in [1.29, 1.82) is 0 Å². The lowest BCUT2D eigenvalue weighted by atomic mass is 10.1. The van der Waals surface area contributed by atoms with E-state index in [1.807, 2.05) is 13.0 Å². The van der Waals surface area contributed by atoms with Crippen LogP contribution >= 0.6 is 12.4 Å². The largest absolute Gasteiger partial charge is 0.366 e. The molecule has 1 rings (SSSR count). The Morgan fingerprint density at radius 3 is 2.61 bits per heavy atom. The van der Waals surface area contributed by atoms with Crippen LogP contribution in [0.1, 0.15) is 29.3 Å². The van der Waals surface area contributed by atoms with Gasteiger partial charge in [-0.2, -0.15) is 0 Å². The van der Waals surface area contributed by atoms with Crippen molar-refractivity contribution in [2.24, 2.45) is 11.5 Å². The molecular formula is C12H18ClN3O2. The van der Waals surface area contributed by atoms with Gasteiger partial charge in [0.1, 0.15) is 0 Å². The lowest BCUT2D eigenvalue weighted by molar-refractivity contribution is -0.122. The topological polar surface area (TPSA) is 98.2 Å². The Hall–Kier alpha value is -1.59. The van der Waals surface area contributed by atoms with E-state index in [1.165, 1.54) is 0 Å². The first-order valence-corrected chi connectivity index (χ1v) is 5.46. The number of nitrogens with one attached hydrogen (secondary N) is 1. The van der Waals surface area contributed by atoms with Crippen LogP contribution in [0.2, 0.25) is 0 Å². The minimum atomic E-state index is -0.491. The van der Waals surface area contributed by atoms with Crippen LogP contribution in [0.5, 0.6) is 0 Å². The van der Waals surface area contributed by atoms with Gasteiger partial charge in [-0.15, -0.1) is 12.4 Å². The number of carbonyl (C=O) groups excluding carboxylic acids is 2. The predicted molar refractivity (Wildman–Crippen MR) is 72.3 cm³/mol. The summed E-state index contributed by atoms with van der Waals surface area (Å²) in [6.07, 6.45) is 0.590. The maximum absolute atomic E-state index is 11.4. The molecule has 0 aliphatic heterocycles. The maximum atomic E-state index is 11.4. The van der Waals surface area contributed by atoms with Crippen molar-refractivity contribution in [3.63, 3.8) is 0 Å². The second-order valence-corrected chi connectivity index (χ2v) is 3.80. The standard InChI is InChI=1S/C12H17N3O2.ClH/c1-2-10(13)12(17)15-7-8-4-3-5-9(6-8)11(14)16;/h3-6,10H,2,7,13H2,1H3,(H2,14,16)(H,15,17);1H/t10-;/m0./s1. The normalized spacial score (nSPS) is 11.2. The number of carbonyl (C=O) groups is 2. The molecule has 0 aliphatic carbocycles. The first-order chi connectivity index (χ1) is 8.04. The fourth-order valence-electron chi connectivity index (χ4n) is 1.34. The highest BCUT2D eigenvalue weighted by atomic mass is 35.5. The fraction of sp³-hybridized carbons (Fsp3) is 0.333. The summed E-state index contributed by atoms with van der Waals surface area (Å²) in [4.78, 5) is 22.4. The second-order valence-electron chi connectivity index (χ2n) is 3.80. The third kappa shape index (κ3) is 4.73. The summed E-state index contributed by atoms with van der Waals surface area (Å²) in [5.74, 6) is -0.680. The Morgan fingerprint density at radius 2 is 2.06 bits per heavy atom. The number of amides is 2. The Bertz CT molecular complexity index is 424. The summed E-state index contributed by atoms with van der Waals surface area (Å²) in [5, 5.41) is 2.70. The summed E-state index contributed by atoms with van der Waals surface area (Å²) < 4.78 is 0. The summed E-state index contributed by atoms with van der Waals surface area (Å²) in [6.45, 7) is 2.19. The van der Waals surface area contributed by atoms with Gasteiger partial charge < -0.3 is 16.8 Å². The van der Waals surface area contributed by atoms with Gasteiger partial charge in [0.15, 0.2) is 0 Å². The SMILES string of the molecule is CC[C@H](N)C(=O)NCc1cccc(C(N)=O)c1.Cl. The molecule has 0 saturated heterocycles. The van der Waals surface area contributed by atoms with Gasteiger partial charge in [-0.3, -0.25) is 9.59 Å². The van der Waals surface area contributed by atoms with Crippen molar-refractivity contribution < 1.29 is 9.59 Å². The average Bonchev–Trinajstić information content (AvgIpc) is 2.35. The lowest BCUT2D eigenvalue weighted by Crippen LogP contribution is -2.39. The van der Waals surface area contributed by atoms with Crippen LogP contribution < -0.4 is 16.8 Å². The van der Waals surface area contributed by atoms with Gasteiger partial charge in [-0.1, -0.05) is 19.1 Å². The molecule has 0 aromatic heterocycles. The van der Waals surface area contributed by atoms with E-state index < -0.39 is 11.9 Å². The average molecular weight is 272 g/mol. The highest BCUT2D eigenvalue weighted by Gasteiger charge is 2.10. The van der Waals surface area contributed by atoms with Crippen molar-refractivity contribution >= 4 is 24.2 Å². The summed E-state index contributed by atoms with van der Waals surface area (Å²) in [6, 6.07) is 6.33. The molecule has 1 atom stereocenters. The Morgan fingerprint density at radius 1 is 1.39 bits per heavy atom. The molecule has 0 heterocycles. The zero-order valence-corrected chi connectivity index (χ0v) is 11.0. The van der Waals surface area contributed by atoms with E-state index in [9.17, 15) is 9.59 Å². The van der Waals surface area contributed by atoms with Crippen molar-refractivity contribution in [2.75, 3.05) is 0 Å². The lowest BCUT2D eigenvalue weighted by Gasteiger charge is -2.10. The molecule has 5 N–H and O–H groups in total. The second kappa shape index (κ2) is 7.68. The molecule has 0 spiro atoms. The molecule has 2 amide bonds. The zero-order valence-electron chi connectivity index (χ0n) is 10.2. The molecule has 0 saturated carbocycles. The molecule has 6 heteroatoms. The first-order valence-electron chi connectivity index (χ1n) is 5.46. The van der Waals surface area contributed by atoms with Gasteiger partial charge in [0.05, 0.1) is 6.04 Å². The molecule has 5 nitrogen and oxygen atoms in total. The number of benzene rings is 1. The molecule has 0 radical (unpaired) electrons. The van der Waals surface area contributed by atoms with Crippen LogP contribution in [-0.2, 0) is 11.3 Å². The summed E-state index contributed by atoms with van der Waals surface area (Å²) >= 11 is 0. The Labute approximate surface area is 112 Å². The highest BCUT2D eigenvalue weighted by Crippen LogP contribution is 2.04. The third-order valence-electron chi connectivity index (χ3n) is 2.45. The molecule has 1 aromatic carbocycles. The monoisotopic (exact) mass is 271 g/mol. The van der Waals surface area contributed by atoms with Crippen molar-refractivity contribution in [1.82, 2.24) is 5.32 Å². The Balaban J connectivity index is 0.00000289. The summed E-state index contributed by atoms with van der Waals surface area (Å²) in [7, 11) is 0. The number of hydrogen-bond acceptors (Lipinski definition) is 3. The van der Waals surface area contributed by atoms with Gasteiger partial charge >= 0.3 is 0 Å². The summed E-state index contributed by atoms with van der Waals surface area (Å²) in [5.41, 5.74) is 12.0. The number of nitrogens with two attached hydrogens (primary N) is 2. The molecule has 1 aromatic rings.